The Kier molecular flexibility index (Phi) is 4.74. The molecule has 0 unspecified atom stereocenters. The van der Waals surface area contributed by atoms with Crippen LogP contribution in [0.3, 0.4) is 0 Å². The SMILES string of the molecule is N#Cc1ccc(NC(=O)C2(C(=O)Nc3ccc(N4CCCC4)cc3)CC2)cc1. The van der Waals surface area contributed by atoms with E-state index in [2.05, 4.69) is 15.5 Å². The topological polar surface area (TPSA) is 85.2 Å². The maximum atomic E-state index is 12.7. The van der Waals surface area contributed by atoms with Crippen LogP contribution in [-0.4, -0.2) is 24.9 Å². The van der Waals surface area contributed by atoms with E-state index in [0.29, 0.717) is 29.8 Å². The predicted molar refractivity (Wildman–Crippen MR) is 108 cm³/mol. The molecule has 28 heavy (non-hydrogen) atoms. The molecule has 0 atom stereocenters. The molecule has 142 valence electrons. The Hall–Kier alpha value is -3.33. The minimum Gasteiger partial charge on any atom is -0.372 e. The first-order chi connectivity index (χ1) is 13.6. The zero-order valence-corrected chi connectivity index (χ0v) is 15.6. The quantitative estimate of drug-likeness (QED) is 0.784. The second kappa shape index (κ2) is 7.35. The van der Waals surface area contributed by atoms with E-state index in [-0.39, 0.29) is 11.8 Å². The van der Waals surface area contributed by atoms with E-state index < -0.39 is 5.41 Å². The Balaban J connectivity index is 1.39. The monoisotopic (exact) mass is 374 g/mol. The predicted octanol–water partition coefficient (Wildman–Crippen LogP) is 3.52. The highest BCUT2D eigenvalue weighted by Gasteiger charge is 2.56. The average Bonchev–Trinajstić information content (AvgIpc) is 3.37. The lowest BCUT2D eigenvalue weighted by Gasteiger charge is -2.19. The lowest BCUT2D eigenvalue weighted by atomic mass is 10.0. The van der Waals surface area contributed by atoms with Crippen molar-refractivity contribution in [3.63, 3.8) is 0 Å². The number of nitrogens with one attached hydrogen (secondary N) is 2. The maximum Gasteiger partial charge on any atom is 0.240 e. The first-order valence-corrected chi connectivity index (χ1v) is 9.59. The van der Waals surface area contributed by atoms with E-state index >= 15 is 0 Å². The van der Waals surface area contributed by atoms with Gasteiger partial charge in [0.1, 0.15) is 5.41 Å². The van der Waals surface area contributed by atoms with Crippen LogP contribution in [0.25, 0.3) is 0 Å². The third-order valence-electron chi connectivity index (χ3n) is 5.49. The summed E-state index contributed by atoms with van der Waals surface area (Å²) in [5, 5.41) is 14.5. The Morgan fingerprint density at radius 2 is 1.36 bits per heavy atom. The summed E-state index contributed by atoms with van der Waals surface area (Å²) < 4.78 is 0. The van der Waals surface area contributed by atoms with Gasteiger partial charge in [-0.05, 0) is 74.2 Å². The molecule has 0 aromatic heterocycles. The van der Waals surface area contributed by atoms with Crippen LogP contribution in [0.4, 0.5) is 17.1 Å². The smallest absolute Gasteiger partial charge is 0.240 e. The van der Waals surface area contributed by atoms with Gasteiger partial charge in [0.25, 0.3) is 0 Å². The number of nitrogens with zero attached hydrogens (tertiary/aromatic N) is 2. The molecule has 6 heteroatoms. The van der Waals surface area contributed by atoms with Crippen LogP contribution < -0.4 is 15.5 Å². The van der Waals surface area contributed by atoms with Gasteiger partial charge in [-0.3, -0.25) is 9.59 Å². The van der Waals surface area contributed by atoms with Crippen molar-refractivity contribution in [2.75, 3.05) is 28.6 Å². The number of carbonyl (C=O) groups excluding carboxylic acids is 2. The van der Waals surface area contributed by atoms with Gasteiger partial charge in [-0.15, -0.1) is 0 Å². The number of hydrogen-bond acceptors (Lipinski definition) is 4. The van der Waals surface area contributed by atoms with Crippen LogP contribution in [-0.2, 0) is 9.59 Å². The maximum absolute atomic E-state index is 12.7. The largest absolute Gasteiger partial charge is 0.372 e. The number of amides is 2. The zero-order chi connectivity index (χ0) is 19.6. The van der Waals surface area contributed by atoms with Gasteiger partial charge in [0, 0.05) is 30.2 Å². The zero-order valence-electron chi connectivity index (χ0n) is 15.6. The Morgan fingerprint density at radius 3 is 1.82 bits per heavy atom. The van der Waals surface area contributed by atoms with Crippen molar-refractivity contribution < 1.29 is 9.59 Å². The first kappa shape index (κ1) is 18.1. The normalized spacial score (nSPS) is 16.9. The Bertz CT molecular complexity index is 919. The molecule has 0 radical (unpaired) electrons. The van der Waals surface area contributed by atoms with Crippen molar-refractivity contribution in [3.05, 3.63) is 54.1 Å². The fourth-order valence-corrected chi connectivity index (χ4v) is 3.54. The van der Waals surface area contributed by atoms with Crippen molar-refractivity contribution >= 4 is 28.9 Å². The van der Waals surface area contributed by atoms with Crippen molar-refractivity contribution in [1.82, 2.24) is 0 Å². The lowest BCUT2D eigenvalue weighted by molar-refractivity contribution is -0.131. The molecule has 2 fully saturated rings. The number of nitriles is 1. The third kappa shape index (κ3) is 3.56. The van der Waals surface area contributed by atoms with E-state index in [1.54, 1.807) is 24.3 Å². The van der Waals surface area contributed by atoms with Crippen molar-refractivity contribution in [1.29, 1.82) is 5.26 Å². The summed E-state index contributed by atoms with van der Waals surface area (Å²) in [6.07, 6.45) is 3.50. The summed E-state index contributed by atoms with van der Waals surface area (Å²) in [5.74, 6) is -0.573. The van der Waals surface area contributed by atoms with Gasteiger partial charge >= 0.3 is 0 Å². The molecule has 1 aliphatic heterocycles. The summed E-state index contributed by atoms with van der Waals surface area (Å²) in [7, 11) is 0. The summed E-state index contributed by atoms with van der Waals surface area (Å²) in [6, 6.07) is 16.4. The van der Waals surface area contributed by atoms with Gasteiger partial charge in [0.15, 0.2) is 0 Å². The van der Waals surface area contributed by atoms with E-state index in [1.165, 1.54) is 12.8 Å². The molecular weight excluding hydrogens is 352 g/mol. The summed E-state index contributed by atoms with van der Waals surface area (Å²) in [5.41, 5.74) is 1.95. The highest BCUT2D eigenvalue weighted by atomic mass is 16.2. The van der Waals surface area contributed by atoms with Gasteiger partial charge in [-0.25, -0.2) is 0 Å². The summed E-state index contributed by atoms with van der Waals surface area (Å²) in [6.45, 7) is 2.15. The number of rotatable bonds is 5. The first-order valence-electron chi connectivity index (χ1n) is 9.59. The second-order valence-electron chi connectivity index (χ2n) is 7.42. The highest BCUT2D eigenvalue weighted by Crippen LogP contribution is 2.47. The molecule has 0 bridgehead atoms. The van der Waals surface area contributed by atoms with Gasteiger partial charge in [0.2, 0.25) is 11.8 Å². The molecule has 4 rings (SSSR count). The second-order valence-corrected chi connectivity index (χ2v) is 7.42. The highest BCUT2D eigenvalue weighted by molar-refractivity contribution is 6.16. The summed E-state index contributed by atoms with van der Waals surface area (Å²) in [4.78, 5) is 27.7. The number of carbonyl (C=O) groups is 2. The minimum atomic E-state index is -1.01. The van der Waals surface area contributed by atoms with Crippen molar-refractivity contribution in [3.8, 4) is 6.07 Å². The van der Waals surface area contributed by atoms with Crippen LogP contribution in [0, 0.1) is 16.7 Å². The van der Waals surface area contributed by atoms with Crippen molar-refractivity contribution in [2.24, 2.45) is 5.41 Å². The van der Waals surface area contributed by atoms with E-state index in [4.69, 9.17) is 5.26 Å². The van der Waals surface area contributed by atoms with Gasteiger partial charge in [0.05, 0.1) is 11.6 Å². The summed E-state index contributed by atoms with van der Waals surface area (Å²) >= 11 is 0. The number of benzene rings is 2. The minimum absolute atomic E-state index is 0.271. The van der Waals surface area contributed by atoms with Crippen LogP contribution >= 0.6 is 0 Å². The molecule has 2 aromatic carbocycles. The molecule has 1 aliphatic carbocycles. The molecule has 2 aromatic rings. The van der Waals surface area contributed by atoms with E-state index in [9.17, 15) is 9.59 Å². The molecule has 2 aliphatic rings. The number of anilines is 3. The molecule has 1 saturated heterocycles. The fraction of sp³-hybridized carbons (Fsp3) is 0.318. The molecule has 0 spiro atoms. The van der Waals surface area contributed by atoms with Crippen LogP contribution in [0.5, 0.6) is 0 Å². The molecule has 1 heterocycles. The Labute approximate surface area is 164 Å². The fourth-order valence-electron chi connectivity index (χ4n) is 3.54. The van der Waals surface area contributed by atoms with E-state index in [1.807, 2.05) is 30.3 Å². The van der Waals surface area contributed by atoms with Crippen molar-refractivity contribution in [2.45, 2.75) is 25.7 Å². The standard InChI is InChI=1S/C22H22N4O2/c23-15-16-3-5-17(6-4-16)24-20(27)22(11-12-22)21(28)25-18-7-9-19(10-8-18)26-13-1-2-14-26/h3-10H,1-2,11-14H2,(H,24,27)(H,25,28). The lowest BCUT2D eigenvalue weighted by Crippen LogP contribution is -2.35. The van der Waals surface area contributed by atoms with Gasteiger partial charge in [-0.2, -0.15) is 5.26 Å². The van der Waals surface area contributed by atoms with Gasteiger partial charge in [-0.1, -0.05) is 0 Å². The van der Waals surface area contributed by atoms with Crippen LogP contribution in [0.1, 0.15) is 31.2 Å². The number of hydrogen-bond donors (Lipinski definition) is 2. The van der Waals surface area contributed by atoms with Gasteiger partial charge < -0.3 is 15.5 Å². The molecular formula is C22H22N4O2. The molecule has 1 saturated carbocycles. The molecule has 2 amide bonds. The molecule has 2 N–H and O–H groups in total. The van der Waals surface area contributed by atoms with Crippen LogP contribution in [0.15, 0.2) is 48.5 Å². The van der Waals surface area contributed by atoms with Crippen LogP contribution in [0.2, 0.25) is 0 Å². The molecule has 6 nitrogen and oxygen atoms in total. The third-order valence-corrected chi connectivity index (χ3v) is 5.49. The Morgan fingerprint density at radius 1 is 0.857 bits per heavy atom. The van der Waals surface area contributed by atoms with E-state index in [0.717, 1.165) is 18.8 Å². The average molecular weight is 374 g/mol.